The van der Waals surface area contributed by atoms with Crippen LogP contribution in [0.5, 0.6) is 0 Å². The Kier molecular flexibility index (Phi) is 6.52. The van der Waals surface area contributed by atoms with Crippen LogP contribution in [0.2, 0.25) is 0 Å². The Morgan fingerprint density at radius 1 is 1.37 bits per heavy atom. The van der Waals surface area contributed by atoms with Gasteiger partial charge in [0, 0.05) is 24.3 Å². The second-order valence-corrected chi connectivity index (χ2v) is 5.90. The topological polar surface area (TPSA) is 20.3 Å². The summed E-state index contributed by atoms with van der Waals surface area (Å²) in [6.45, 7) is 4.64. The van der Waals surface area contributed by atoms with Crippen LogP contribution < -0.4 is 0 Å². The van der Waals surface area contributed by atoms with E-state index in [9.17, 15) is 9.18 Å². The highest BCUT2D eigenvalue weighted by atomic mass is 32.2. The highest BCUT2D eigenvalue weighted by Gasteiger charge is 2.21. The summed E-state index contributed by atoms with van der Waals surface area (Å²) >= 11 is 1.79. The molecule has 2 atom stereocenters. The molecule has 0 aromatic heterocycles. The fourth-order valence-corrected chi connectivity index (χ4v) is 2.73. The highest BCUT2D eigenvalue weighted by molar-refractivity contribution is 7.98. The molecular formula is C15H22FNOS. The predicted molar refractivity (Wildman–Crippen MR) is 80.4 cm³/mol. The number of thioether (sulfide) groups is 1. The Morgan fingerprint density at radius 3 is 2.58 bits per heavy atom. The molecule has 0 saturated carbocycles. The Balaban J connectivity index is 2.66. The number of carbonyl (C=O) groups is 1. The largest absolute Gasteiger partial charge is 0.302 e. The van der Waals surface area contributed by atoms with Gasteiger partial charge in [-0.1, -0.05) is 19.1 Å². The van der Waals surface area contributed by atoms with Crippen LogP contribution in [-0.4, -0.2) is 42.3 Å². The van der Waals surface area contributed by atoms with Gasteiger partial charge in [0.2, 0.25) is 0 Å². The molecule has 0 amide bonds. The van der Waals surface area contributed by atoms with Crippen molar-refractivity contribution in [3.8, 4) is 0 Å². The zero-order chi connectivity index (χ0) is 14.4. The van der Waals surface area contributed by atoms with Gasteiger partial charge in [-0.25, -0.2) is 4.39 Å². The normalized spacial score (nSPS) is 14.4. The van der Waals surface area contributed by atoms with E-state index >= 15 is 0 Å². The maximum absolute atomic E-state index is 13.6. The van der Waals surface area contributed by atoms with E-state index in [2.05, 4.69) is 18.1 Å². The number of carbonyl (C=O) groups excluding carboxylic acids is 1. The minimum absolute atomic E-state index is 0.124. The molecule has 1 rings (SSSR count). The lowest BCUT2D eigenvalue weighted by Crippen LogP contribution is -2.36. The first-order chi connectivity index (χ1) is 8.97. The van der Waals surface area contributed by atoms with Crippen LogP contribution in [-0.2, 0) is 0 Å². The summed E-state index contributed by atoms with van der Waals surface area (Å²) in [5.74, 6) is 0.267. The fourth-order valence-electron chi connectivity index (χ4n) is 1.99. The maximum atomic E-state index is 13.6. The number of ketones is 1. The summed E-state index contributed by atoms with van der Waals surface area (Å²) in [5.41, 5.74) is 0.195. The number of hydrogen-bond donors (Lipinski definition) is 0. The van der Waals surface area contributed by atoms with Gasteiger partial charge in [0.25, 0.3) is 0 Å². The van der Waals surface area contributed by atoms with Crippen LogP contribution in [0.15, 0.2) is 24.3 Å². The van der Waals surface area contributed by atoms with Crippen LogP contribution >= 0.6 is 11.8 Å². The second-order valence-electron chi connectivity index (χ2n) is 4.99. The monoisotopic (exact) mass is 283 g/mol. The van der Waals surface area contributed by atoms with Crippen molar-refractivity contribution in [2.24, 2.45) is 5.92 Å². The van der Waals surface area contributed by atoms with Gasteiger partial charge in [-0.15, -0.1) is 0 Å². The van der Waals surface area contributed by atoms with Gasteiger partial charge in [0.1, 0.15) is 5.82 Å². The molecule has 0 N–H and O–H groups in total. The SMILES string of the molecule is CSCC(C)N(C)CC(C)C(=O)c1ccccc1F. The fraction of sp³-hybridized carbons (Fsp3) is 0.533. The van der Waals surface area contributed by atoms with Gasteiger partial charge in [-0.3, -0.25) is 4.79 Å². The summed E-state index contributed by atoms with van der Waals surface area (Å²) in [6, 6.07) is 6.59. The summed E-state index contributed by atoms with van der Waals surface area (Å²) in [6.07, 6.45) is 2.07. The first-order valence-corrected chi connectivity index (χ1v) is 7.84. The zero-order valence-corrected chi connectivity index (χ0v) is 12.8. The van der Waals surface area contributed by atoms with E-state index in [0.29, 0.717) is 12.6 Å². The van der Waals surface area contributed by atoms with Gasteiger partial charge in [0.05, 0.1) is 5.56 Å². The molecule has 106 valence electrons. The van der Waals surface area contributed by atoms with Crippen molar-refractivity contribution in [2.75, 3.05) is 25.6 Å². The third-order valence-electron chi connectivity index (χ3n) is 3.31. The average Bonchev–Trinajstić information content (AvgIpc) is 2.38. The maximum Gasteiger partial charge on any atom is 0.169 e. The number of hydrogen-bond acceptors (Lipinski definition) is 3. The van der Waals surface area contributed by atoms with Crippen LogP contribution in [0, 0.1) is 11.7 Å². The Morgan fingerprint density at radius 2 is 2.00 bits per heavy atom. The Bertz CT molecular complexity index is 424. The number of Topliss-reactive ketones (excluding diaryl/α,β-unsaturated/α-hetero) is 1. The molecule has 1 aromatic rings. The molecular weight excluding hydrogens is 261 g/mol. The van der Waals surface area contributed by atoms with E-state index in [0.717, 1.165) is 5.75 Å². The van der Waals surface area contributed by atoms with Crippen LogP contribution in [0.1, 0.15) is 24.2 Å². The summed E-state index contributed by atoms with van der Waals surface area (Å²) in [5, 5.41) is 0. The molecule has 0 aliphatic carbocycles. The molecule has 0 heterocycles. The van der Waals surface area contributed by atoms with Crippen molar-refractivity contribution in [2.45, 2.75) is 19.9 Å². The summed E-state index contributed by atoms with van der Waals surface area (Å²) in [7, 11) is 2.01. The van der Waals surface area contributed by atoms with Gasteiger partial charge in [0.15, 0.2) is 5.78 Å². The van der Waals surface area contributed by atoms with Crippen LogP contribution in [0.4, 0.5) is 4.39 Å². The van der Waals surface area contributed by atoms with E-state index < -0.39 is 5.82 Å². The molecule has 2 unspecified atom stereocenters. The molecule has 0 aliphatic rings. The molecule has 19 heavy (non-hydrogen) atoms. The van der Waals surface area contributed by atoms with E-state index in [1.165, 1.54) is 6.07 Å². The first-order valence-electron chi connectivity index (χ1n) is 6.45. The minimum atomic E-state index is -0.431. The van der Waals surface area contributed by atoms with Crippen LogP contribution in [0.3, 0.4) is 0 Å². The predicted octanol–water partition coefficient (Wildman–Crippen LogP) is 3.33. The van der Waals surface area contributed by atoms with Crippen molar-refractivity contribution in [3.63, 3.8) is 0 Å². The van der Waals surface area contributed by atoms with Crippen LogP contribution in [0.25, 0.3) is 0 Å². The molecule has 4 heteroatoms. The zero-order valence-electron chi connectivity index (χ0n) is 12.0. The lowest BCUT2D eigenvalue weighted by atomic mass is 9.98. The Labute approximate surface area is 119 Å². The smallest absolute Gasteiger partial charge is 0.169 e. The van der Waals surface area contributed by atoms with Crippen molar-refractivity contribution in [3.05, 3.63) is 35.6 Å². The molecule has 1 aromatic carbocycles. The van der Waals surface area contributed by atoms with Gasteiger partial charge >= 0.3 is 0 Å². The molecule has 0 fully saturated rings. The van der Waals surface area contributed by atoms with E-state index in [1.54, 1.807) is 30.0 Å². The van der Waals surface area contributed by atoms with E-state index in [1.807, 2.05) is 14.0 Å². The van der Waals surface area contributed by atoms with Crippen molar-refractivity contribution in [1.29, 1.82) is 0 Å². The second kappa shape index (κ2) is 7.65. The first kappa shape index (κ1) is 16.2. The molecule has 0 spiro atoms. The molecule has 0 radical (unpaired) electrons. The van der Waals surface area contributed by atoms with E-state index in [-0.39, 0.29) is 17.3 Å². The number of benzene rings is 1. The average molecular weight is 283 g/mol. The lowest BCUT2D eigenvalue weighted by molar-refractivity contribution is 0.0890. The number of halogens is 1. The van der Waals surface area contributed by atoms with Gasteiger partial charge in [-0.05, 0) is 32.4 Å². The molecule has 2 nitrogen and oxygen atoms in total. The molecule has 0 bridgehead atoms. The van der Waals surface area contributed by atoms with Crippen molar-refractivity contribution in [1.82, 2.24) is 4.90 Å². The Hall–Kier alpha value is -0.870. The van der Waals surface area contributed by atoms with Gasteiger partial charge < -0.3 is 4.90 Å². The third-order valence-corrected chi connectivity index (χ3v) is 4.12. The minimum Gasteiger partial charge on any atom is -0.302 e. The molecule has 0 aliphatic heterocycles. The van der Waals surface area contributed by atoms with Gasteiger partial charge in [-0.2, -0.15) is 11.8 Å². The quantitative estimate of drug-likeness (QED) is 0.716. The number of nitrogens with zero attached hydrogens (tertiary/aromatic N) is 1. The van der Waals surface area contributed by atoms with Crippen molar-refractivity contribution < 1.29 is 9.18 Å². The third kappa shape index (κ3) is 4.62. The highest BCUT2D eigenvalue weighted by Crippen LogP contribution is 2.15. The molecule has 0 saturated heterocycles. The lowest BCUT2D eigenvalue weighted by Gasteiger charge is -2.26. The summed E-state index contributed by atoms with van der Waals surface area (Å²) in [4.78, 5) is 14.4. The summed E-state index contributed by atoms with van der Waals surface area (Å²) < 4.78 is 13.6. The standard InChI is InChI=1S/C15H22FNOS/c1-11(9-17(3)12(2)10-19-4)15(18)13-7-5-6-8-14(13)16/h5-8,11-12H,9-10H2,1-4H3. The van der Waals surface area contributed by atoms with E-state index in [4.69, 9.17) is 0 Å². The number of rotatable bonds is 7. The van der Waals surface area contributed by atoms with Crippen molar-refractivity contribution >= 4 is 17.5 Å².